The lowest BCUT2D eigenvalue weighted by molar-refractivity contribution is -0.141. The molecule has 0 saturated heterocycles. The molecule has 5 nitrogen and oxygen atoms in total. The molecule has 8 heteroatoms. The molecule has 3 aromatic rings. The number of nitrogens with zero attached hydrogens (tertiary/aromatic N) is 1. The number of H-pyrrole nitrogens is 1. The maximum Gasteiger partial charge on any atom is 0.433 e. The zero-order chi connectivity index (χ0) is 20.1. The van der Waals surface area contributed by atoms with Crippen LogP contribution in [0.5, 0.6) is 11.5 Å². The van der Waals surface area contributed by atoms with Crippen LogP contribution in [0.1, 0.15) is 27.2 Å². The van der Waals surface area contributed by atoms with E-state index >= 15 is 0 Å². The van der Waals surface area contributed by atoms with Gasteiger partial charge in [-0.2, -0.15) is 18.3 Å². The lowest BCUT2D eigenvalue weighted by atomic mass is 10.1. The van der Waals surface area contributed by atoms with E-state index in [-0.39, 0.29) is 6.54 Å². The Labute approximate surface area is 159 Å². The lowest BCUT2D eigenvalue weighted by Gasteiger charge is -2.09. The van der Waals surface area contributed by atoms with Gasteiger partial charge in [0.05, 0.1) is 11.8 Å². The fourth-order valence-electron chi connectivity index (χ4n) is 2.56. The Morgan fingerprint density at radius 1 is 1.07 bits per heavy atom. The molecule has 0 atom stereocenters. The molecule has 0 aliphatic rings. The molecule has 0 spiro atoms. The fraction of sp³-hybridized carbons (Fsp3) is 0.200. The maximum atomic E-state index is 12.8. The molecule has 2 aromatic carbocycles. The van der Waals surface area contributed by atoms with Crippen molar-refractivity contribution in [2.75, 3.05) is 6.54 Å². The van der Waals surface area contributed by atoms with Crippen LogP contribution in [0.4, 0.5) is 13.2 Å². The summed E-state index contributed by atoms with van der Waals surface area (Å²) in [4.78, 5) is 12.0. The van der Waals surface area contributed by atoms with Crippen LogP contribution >= 0.6 is 0 Å². The number of carbonyl (C=O) groups is 1. The summed E-state index contributed by atoms with van der Waals surface area (Å²) in [6.45, 7) is 2.19. The first-order valence-corrected chi connectivity index (χ1v) is 8.55. The number of halogens is 3. The van der Waals surface area contributed by atoms with E-state index in [9.17, 15) is 18.0 Å². The summed E-state index contributed by atoms with van der Waals surface area (Å²) in [7, 11) is 0. The average molecular weight is 389 g/mol. The van der Waals surface area contributed by atoms with Crippen molar-refractivity contribution in [1.82, 2.24) is 15.5 Å². The van der Waals surface area contributed by atoms with Crippen molar-refractivity contribution in [1.29, 1.82) is 0 Å². The van der Waals surface area contributed by atoms with Gasteiger partial charge in [-0.3, -0.25) is 9.89 Å². The number of aromatic amines is 1. The number of hydrogen-bond donors (Lipinski definition) is 2. The zero-order valence-electron chi connectivity index (χ0n) is 15.0. The van der Waals surface area contributed by atoms with E-state index in [0.717, 1.165) is 23.1 Å². The summed E-state index contributed by atoms with van der Waals surface area (Å²) < 4.78 is 44.1. The Hall–Kier alpha value is -3.29. The highest BCUT2D eigenvalue weighted by Crippen LogP contribution is 2.29. The van der Waals surface area contributed by atoms with Crippen LogP contribution in [-0.2, 0) is 12.6 Å². The van der Waals surface area contributed by atoms with Gasteiger partial charge in [0.2, 0.25) is 0 Å². The van der Waals surface area contributed by atoms with Crippen molar-refractivity contribution in [3.63, 3.8) is 0 Å². The second kappa shape index (κ2) is 8.16. The molecule has 28 heavy (non-hydrogen) atoms. The van der Waals surface area contributed by atoms with Crippen LogP contribution in [0.3, 0.4) is 0 Å². The van der Waals surface area contributed by atoms with Crippen molar-refractivity contribution in [3.05, 3.63) is 77.1 Å². The van der Waals surface area contributed by atoms with Gasteiger partial charge in [-0.15, -0.1) is 0 Å². The molecule has 2 N–H and O–H groups in total. The molecule has 3 rings (SSSR count). The Morgan fingerprint density at radius 3 is 2.29 bits per heavy atom. The highest BCUT2D eigenvalue weighted by molar-refractivity contribution is 5.95. The predicted octanol–water partition coefficient (Wildman–Crippen LogP) is 4.50. The van der Waals surface area contributed by atoms with Gasteiger partial charge in [0, 0.05) is 6.54 Å². The monoisotopic (exact) mass is 389 g/mol. The lowest BCUT2D eigenvalue weighted by Crippen LogP contribution is -2.27. The first-order valence-electron chi connectivity index (χ1n) is 8.55. The summed E-state index contributed by atoms with van der Waals surface area (Å²) >= 11 is 0. The first-order chi connectivity index (χ1) is 13.3. The quantitative estimate of drug-likeness (QED) is 0.652. The maximum absolute atomic E-state index is 12.8. The molecular weight excluding hydrogens is 371 g/mol. The molecule has 0 aliphatic carbocycles. The van der Waals surface area contributed by atoms with Gasteiger partial charge in [0.1, 0.15) is 11.5 Å². The van der Waals surface area contributed by atoms with Gasteiger partial charge < -0.3 is 10.1 Å². The molecule has 0 fully saturated rings. The Morgan fingerprint density at radius 2 is 1.68 bits per heavy atom. The van der Waals surface area contributed by atoms with E-state index in [1.807, 2.05) is 48.4 Å². The molecular formula is C20H18F3N3O2. The normalized spacial score (nSPS) is 11.3. The van der Waals surface area contributed by atoms with E-state index in [1.54, 1.807) is 12.1 Å². The van der Waals surface area contributed by atoms with Crippen LogP contribution in [0.2, 0.25) is 0 Å². The topological polar surface area (TPSA) is 67.0 Å². The van der Waals surface area contributed by atoms with E-state index < -0.39 is 23.3 Å². The number of aryl methyl sites for hydroxylation is 1. The standard InChI is InChI=1S/C20H18F3N3O2/c1-13-2-6-15(7-3-13)28-16-8-4-14(5-9-16)10-11-24-19(27)17-12-25-26-18(17)20(21,22)23/h2-9,12H,10-11H2,1H3,(H,24,27)(H,25,26). The number of benzene rings is 2. The van der Waals surface area contributed by atoms with E-state index in [4.69, 9.17) is 4.74 Å². The average Bonchev–Trinajstić information content (AvgIpc) is 3.15. The minimum Gasteiger partial charge on any atom is -0.457 e. The number of aromatic nitrogens is 2. The third kappa shape index (κ3) is 4.91. The van der Waals surface area contributed by atoms with Crippen LogP contribution in [0, 0.1) is 6.92 Å². The minimum atomic E-state index is -4.66. The third-order valence-electron chi connectivity index (χ3n) is 4.05. The van der Waals surface area contributed by atoms with Crippen molar-refractivity contribution in [3.8, 4) is 11.5 Å². The predicted molar refractivity (Wildman–Crippen MR) is 97.3 cm³/mol. The van der Waals surface area contributed by atoms with Crippen LogP contribution in [-0.4, -0.2) is 22.6 Å². The largest absolute Gasteiger partial charge is 0.457 e. The number of carbonyl (C=O) groups excluding carboxylic acids is 1. The second-order valence-corrected chi connectivity index (χ2v) is 6.22. The van der Waals surface area contributed by atoms with Gasteiger partial charge >= 0.3 is 6.18 Å². The smallest absolute Gasteiger partial charge is 0.433 e. The zero-order valence-corrected chi connectivity index (χ0v) is 15.0. The number of alkyl halides is 3. The highest BCUT2D eigenvalue weighted by atomic mass is 19.4. The number of nitrogens with one attached hydrogen (secondary N) is 2. The Kier molecular flexibility index (Phi) is 5.67. The van der Waals surface area contributed by atoms with Crippen molar-refractivity contribution in [2.45, 2.75) is 19.5 Å². The molecule has 0 unspecified atom stereocenters. The number of rotatable bonds is 6. The Balaban J connectivity index is 1.52. The van der Waals surface area contributed by atoms with Crippen molar-refractivity contribution < 1.29 is 22.7 Å². The molecule has 146 valence electrons. The summed E-state index contributed by atoms with van der Waals surface area (Å²) in [5, 5.41) is 7.59. The fourth-order valence-corrected chi connectivity index (χ4v) is 2.56. The number of hydrogen-bond acceptors (Lipinski definition) is 3. The van der Waals surface area contributed by atoms with E-state index in [1.165, 1.54) is 0 Å². The molecule has 0 aliphatic heterocycles. The van der Waals surface area contributed by atoms with Gasteiger partial charge in [-0.25, -0.2) is 0 Å². The second-order valence-electron chi connectivity index (χ2n) is 6.22. The number of amides is 1. The van der Waals surface area contributed by atoms with Crippen molar-refractivity contribution >= 4 is 5.91 Å². The minimum absolute atomic E-state index is 0.194. The number of ether oxygens (including phenoxy) is 1. The van der Waals surface area contributed by atoms with E-state index in [2.05, 4.69) is 10.4 Å². The molecule has 1 amide bonds. The van der Waals surface area contributed by atoms with Gasteiger partial charge in [-0.05, 0) is 43.2 Å². The van der Waals surface area contributed by atoms with Crippen LogP contribution < -0.4 is 10.1 Å². The molecule has 1 aromatic heterocycles. The van der Waals surface area contributed by atoms with Crippen LogP contribution in [0.15, 0.2) is 54.7 Å². The van der Waals surface area contributed by atoms with E-state index in [0.29, 0.717) is 12.2 Å². The first kappa shape index (κ1) is 19.5. The third-order valence-corrected chi connectivity index (χ3v) is 4.05. The van der Waals surface area contributed by atoms with Crippen molar-refractivity contribution in [2.24, 2.45) is 0 Å². The molecule has 0 radical (unpaired) electrons. The van der Waals surface area contributed by atoms with Gasteiger partial charge in [-0.1, -0.05) is 29.8 Å². The van der Waals surface area contributed by atoms with Crippen LogP contribution in [0.25, 0.3) is 0 Å². The SMILES string of the molecule is Cc1ccc(Oc2ccc(CCNC(=O)c3cn[nH]c3C(F)(F)F)cc2)cc1. The summed E-state index contributed by atoms with van der Waals surface area (Å²) in [6.07, 6.45) is -3.32. The highest BCUT2D eigenvalue weighted by Gasteiger charge is 2.37. The van der Waals surface area contributed by atoms with Gasteiger partial charge in [0.15, 0.2) is 5.69 Å². The molecule has 1 heterocycles. The molecule has 0 bridgehead atoms. The van der Waals surface area contributed by atoms with Gasteiger partial charge in [0.25, 0.3) is 5.91 Å². The Bertz CT molecular complexity index is 933. The summed E-state index contributed by atoms with van der Waals surface area (Å²) in [5.41, 5.74) is 0.388. The molecule has 0 saturated carbocycles. The summed E-state index contributed by atoms with van der Waals surface area (Å²) in [5.74, 6) is 0.580. The summed E-state index contributed by atoms with van der Waals surface area (Å²) in [6, 6.07) is 15.0.